The fraction of sp³-hybridized carbons (Fsp3) is 0.619. The predicted molar refractivity (Wildman–Crippen MR) is 200 cm³/mol. The molecule has 0 aromatic rings. The third-order valence-electron chi connectivity index (χ3n) is 7.24. The summed E-state index contributed by atoms with van der Waals surface area (Å²) in [5, 5.41) is 0. The van der Waals surface area contributed by atoms with Gasteiger partial charge in [-0.25, -0.2) is 0 Å². The molecule has 0 fully saturated rings. The molecule has 0 bridgehead atoms. The number of rotatable bonds is 0. The van der Waals surface area contributed by atoms with Crippen molar-refractivity contribution in [2.75, 3.05) is 46.2 Å². The van der Waals surface area contributed by atoms with Crippen molar-refractivity contribution < 1.29 is 23.7 Å². The minimum Gasteiger partial charge on any atom is -0.502 e. The van der Waals surface area contributed by atoms with E-state index in [2.05, 4.69) is 60.8 Å². The van der Waals surface area contributed by atoms with Gasteiger partial charge in [0.1, 0.15) is 25.7 Å². The predicted octanol–water partition coefficient (Wildman–Crippen LogP) is 11.8. The highest BCUT2D eigenvalue weighted by molar-refractivity contribution is 5.02. The molecule has 4 aliphatic heterocycles. The van der Waals surface area contributed by atoms with Gasteiger partial charge in [0.25, 0.3) is 0 Å². The van der Waals surface area contributed by atoms with Crippen molar-refractivity contribution in [1.82, 2.24) is 0 Å². The van der Waals surface area contributed by atoms with Gasteiger partial charge in [0.2, 0.25) is 0 Å². The van der Waals surface area contributed by atoms with Crippen LogP contribution in [-0.2, 0) is 23.7 Å². The molecule has 0 aromatic heterocycles. The maximum atomic E-state index is 5.19. The molecular formula is C42H68O5. The molecule has 4 heterocycles. The number of hydrogen-bond donors (Lipinski definition) is 0. The number of ether oxygens (including phenoxy) is 5. The molecule has 5 heteroatoms. The van der Waals surface area contributed by atoms with Gasteiger partial charge in [0.05, 0.1) is 32.7 Å². The molecule has 0 unspecified atom stereocenters. The summed E-state index contributed by atoms with van der Waals surface area (Å²) in [4.78, 5) is 0. The molecule has 0 atom stereocenters. The van der Waals surface area contributed by atoms with E-state index in [1.807, 2.05) is 18.2 Å². The summed E-state index contributed by atoms with van der Waals surface area (Å²) in [5.74, 6) is 0. The van der Waals surface area contributed by atoms with Crippen LogP contribution < -0.4 is 0 Å². The highest BCUT2D eigenvalue weighted by Crippen LogP contribution is 2.10. The van der Waals surface area contributed by atoms with Gasteiger partial charge in [-0.2, -0.15) is 0 Å². The van der Waals surface area contributed by atoms with Crippen LogP contribution in [-0.4, -0.2) is 46.2 Å². The van der Waals surface area contributed by atoms with Crippen LogP contribution in [0.4, 0.5) is 0 Å². The summed E-state index contributed by atoms with van der Waals surface area (Å²) >= 11 is 0. The Bertz CT molecular complexity index is 723. The summed E-state index contributed by atoms with van der Waals surface area (Å²) in [6.45, 7) is 5.70. The first kappa shape index (κ1) is 42.3. The first-order valence-corrected chi connectivity index (χ1v) is 18.7. The van der Waals surface area contributed by atoms with E-state index in [9.17, 15) is 0 Å². The third-order valence-corrected chi connectivity index (χ3v) is 7.24. The molecule has 0 radical (unpaired) electrons. The Morgan fingerprint density at radius 2 is 0.660 bits per heavy atom. The van der Waals surface area contributed by atoms with E-state index in [0.717, 1.165) is 33.0 Å². The van der Waals surface area contributed by atoms with Crippen LogP contribution in [0.5, 0.6) is 0 Å². The Labute approximate surface area is 289 Å². The zero-order valence-corrected chi connectivity index (χ0v) is 29.7. The maximum Gasteiger partial charge on any atom is 0.121 e. The zero-order valence-electron chi connectivity index (χ0n) is 29.7. The van der Waals surface area contributed by atoms with E-state index >= 15 is 0 Å². The molecule has 0 saturated carbocycles. The zero-order chi connectivity index (χ0) is 33.2. The molecule has 0 N–H and O–H groups in total. The fourth-order valence-corrected chi connectivity index (χ4v) is 4.41. The molecule has 47 heavy (non-hydrogen) atoms. The fourth-order valence-electron chi connectivity index (χ4n) is 4.41. The molecule has 0 amide bonds. The highest BCUT2D eigenvalue weighted by Gasteiger charge is 1.91. The van der Waals surface area contributed by atoms with E-state index in [0.29, 0.717) is 13.2 Å². The van der Waals surface area contributed by atoms with E-state index in [4.69, 9.17) is 23.7 Å². The van der Waals surface area contributed by atoms with Crippen molar-refractivity contribution in [2.45, 2.75) is 122 Å². The van der Waals surface area contributed by atoms with Crippen LogP contribution in [0, 0.1) is 0 Å². The van der Waals surface area contributed by atoms with Crippen LogP contribution in [0.3, 0.4) is 0 Å². The molecule has 5 nitrogen and oxygen atoms in total. The van der Waals surface area contributed by atoms with E-state index < -0.39 is 0 Å². The van der Waals surface area contributed by atoms with Crippen molar-refractivity contribution in [3.8, 4) is 0 Å². The minimum absolute atomic E-state index is 0.691. The van der Waals surface area contributed by atoms with Gasteiger partial charge in [-0.15, -0.1) is 0 Å². The molecule has 0 spiro atoms. The van der Waals surface area contributed by atoms with E-state index in [-0.39, 0.29) is 0 Å². The van der Waals surface area contributed by atoms with Crippen molar-refractivity contribution in [3.05, 3.63) is 97.8 Å². The average Bonchev–Trinajstić information content (AvgIpc) is 3.59. The van der Waals surface area contributed by atoms with Crippen LogP contribution >= 0.6 is 0 Å². The summed E-state index contributed by atoms with van der Waals surface area (Å²) in [5.41, 5.74) is 0. The van der Waals surface area contributed by atoms with Gasteiger partial charge < -0.3 is 23.7 Å². The Morgan fingerprint density at radius 3 is 0.979 bits per heavy atom. The monoisotopic (exact) mass is 653 g/mol. The molecular weight excluding hydrogens is 584 g/mol. The summed E-state index contributed by atoms with van der Waals surface area (Å²) in [7, 11) is 0. The summed E-state index contributed by atoms with van der Waals surface area (Å²) in [6, 6.07) is 0. The van der Waals surface area contributed by atoms with Gasteiger partial charge in [0.15, 0.2) is 0 Å². The SMILES string of the molecule is C1=CC1.C1=CCCC1.C1=CCCCC1.C1=CCCCCCC1.C1=CCOC1.C1=CCOCCCC1.C1=COCCC1.C1=COCCO1. The van der Waals surface area contributed by atoms with Gasteiger partial charge in [0, 0.05) is 6.61 Å². The lowest BCUT2D eigenvalue weighted by molar-refractivity contribution is 0.108. The Hall–Kier alpha value is -2.76. The minimum atomic E-state index is 0.691. The summed E-state index contributed by atoms with van der Waals surface area (Å²) < 4.78 is 24.4. The van der Waals surface area contributed by atoms with Crippen molar-refractivity contribution >= 4 is 0 Å². The lowest BCUT2D eigenvalue weighted by Crippen LogP contribution is -2.00. The molecule has 0 aromatic carbocycles. The first-order chi connectivity index (χ1) is 23.5. The van der Waals surface area contributed by atoms with Crippen LogP contribution in [0.2, 0.25) is 0 Å². The van der Waals surface area contributed by atoms with Crippen molar-refractivity contribution in [2.24, 2.45) is 0 Å². The Balaban J connectivity index is 0.000000272. The van der Waals surface area contributed by atoms with Gasteiger partial charge in [-0.3, -0.25) is 0 Å². The van der Waals surface area contributed by atoms with Gasteiger partial charge >= 0.3 is 0 Å². The standard InChI is InChI=1S/C8H14.C7H12O.C6H10.C5H8O.C5H8.C4H6O2.C4H6O.C3H4/c2*1-2-4-6-8-7-5-3-1;2*1-2-4-6-5-3-1;1-2-4-5-3-1;1-2-6-4-3-5-1;1-2-4-5-3-1;1-2-3-1/h1-2H,3-8H2;2,4H,1,3,5-7H2;1-2H,3-6H2;2,4H,1,3,5H2;1-2H,3-5H2;1-2H,3-4H2;1-2H,3-4H2;1-2H,3H2. The average molecular weight is 653 g/mol. The molecule has 0 saturated heterocycles. The second-order valence-corrected chi connectivity index (χ2v) is 11.8. The molecule has 4 aliphatic carbocycles. The summed E-state index contributed by atoms with van der Waals surface area (Å²) in [6.07, 6.45) is 58.4. The smallest absolute Gasteiger partial charge is 0.121 e. The van der Waals surface area contributed by atoms with Crippen LogP contribution in [0.15, 0.2) is 97.8 Å². The topological polar surface area (TPSA) is 46.2 Å². The van der Waals surface area contributed by atoms with E-state index in [1.54, 1.807) is 18.8 Å². The van der Waals surface area contributed by atoms with Crippen molar-refractivity contribution in [1.29, 1.82) is 0 Å². The Kier molecular flexibility index (Phi) is 35.4. The first-order valence-electron chi connectivity index (χ1n) is 18.7. The lowest BCUT2D eigenvalue weighted by Gasteiger charge is -2.04. The highest BCUT2D eigenvalue weighted by atomic mass is 16.5. The van der Waals surface area contributed by atoms with E-state index in [1.165, 1.54) is 122 Å². The maximum absolute atomic E-state index is 5.19. The van der Waals surface area contributed by atoms with Crippen LogP contribution in [0.25, 0.3) is 0 Å². The second kappa shape index (κ2) is 39.4. The lowest BCUT2D eigenvalue weighted by atomic mass is 10.1. The number of allylic oxidation sites excluding steroid dienone is 10. The molecule has 8 rings (SSSR count). The number of hydrogen-bond acceptors (Lipinski definition) is 5. The van der Waals surface area contributed by atoms with Gasteiger partial charge in [-0.1, -0.05) is 85.8 Å². The third kappa shape index (κ3) is 41.2. The second-order valence-electron chi connectivity index (χ2n) is 11.8. The largest absolute Gasteiger partial charge is 0.502 e. The van der Waals surface area contributed by atoms with Gasteiger partial charge in [-0.05, 0) is 115 Å². The van der Waals surface area contributed by atoms with Crippen molar-refractivity contribution in [3.63, 3.8) is 0 Å². The Morgan fingerprint density at radius 1 is 0.255 bits per heavy atom. The van der Waals surface area contributed by atoms with Crippen LogP contribution in [0.1, 0.15) is 122 Å². The normalized spacial score (nSPS) is 20.8. The molecule has 266 valence electrons. The molecule has 8 aliphatic rings. The quantitative estimate of drug-likeness (QED) is 0.244.